The second-order valence-corrected chi connectivity index (χ2v) is 3.24. The molecule has 3 nitrogen and oxygen atoms in total. The lowest BCUT2D eigenvalue weighted by molar-refractivity contribution is 0.0975. The number of rotatable bonds is 8. The van der Waals surface area contributed by atoms with Crippen molar-refractivity contribution in [2.75, 3.05) is 13.2 Å². The van der Waals surface area contributed by atoms with E-state index < -0.39 is 0 Å². The van der Waals surface area contributed by atoms with E-state index in [1.807, 2.05) is 0 Å². The van der Waals surface area contributed by atoms with Gasteiger partial charge < -0.3 is 4.74 Å². The summed E-state index contributed by atoms with van der Waals surface area (Å²) in [6.45, 7) is 7.85. The number of allylic oxidation sites excluding steroid dienone is 2. The highest BCUT2D eigenvalue weighted by atomic mass is 16.5. The number of hydrogen-bond donors (Lipinski definition) is 0. The standard InChI is InChI=1S/C12H16N2O/c1-3-5-11(7-13)9-15-10-12(8-14)6-4-2/h3-4,11-12H,1-2,5-6,9-10H2. The quantitative estimate of drug-likeness (QED) is 0.570. The third-order valence-corrected chi connectivity index (χ3v) is 1.91. The summed E-state index contributed by atoms with van der Waals surface area (Å²) >= 11 is 0. The van der Waals surface area contributed by atoms with Crippen molar-refractivity contribution >= 4 is 0 Å². The van der Waals surface area contributed by atoms with Crippen molar-refractivity contribution in [2.24, 2.45) is 11.8 Å². The molecule has 0 aromatic rings. The van der Waals surface area contributed by atoms with Crippen molar-refractivity contribution in [3.63, 3.8) is 0 Å². The summed E-state index contributed by atoms with van der Waals surface area (Å²) in [4.78, 5) is 0. The van der Waals surface area contributed by atoms with Crippen LogP contribution in [0.4, 0.5) is 0 Å². The monoisotopic (exact) mass is 204 g/mol. The van der Waals surface area contributed by atoms with Gasteiger partial charge in [-0.1, -0.05) is 12.2 Å². The van der Waals surface area contributed by atoms with Gasteiger partial charge in [0, 0.05) is 0 Å². The van der Waals surface area contributed by atoms with Crippen molar-refractivity contribution < 1.29 is 4.74 Å². The van der Waals surface area contributed by atoms with Crippen LogP contribution in [0, 0.1) is 34.5 Å². The molecule has 0 saturated carbocycles. The fourth-order valence-electron chi connectivity index (χ4n) is 1.07. The molecule has 80 valence electrons. The molecule has 2 unspecified atom stereocenters. The van der Waals surface area contributed by atoms with Crippen LogP contribution in [-0.2, 0) is 4.74 Å². The van der Waals surface area contributed by atoms with E-state index in [0.29, 0.717) is 26.1 Å². The second kappa shape index (κ2) is 8.99. The topological polar surface area (TPSA) is 56.8 Å². The van der Waals surface area contributed by atoms with Crippen LogP contribution in [0.15, 0.2) is 25.3 Å². The Hall–Kier alpha value is -1.58. The molecule has 0 rings (SSSR count). The van der Waals surface area contributed by atoms with Gasteiger partial charge in [0.2, 0.25) is 0 Å². The highest BCUT2D eigenvalue weighted by molar-refractivity contribution is 4.90. The van der Waals surface area contributed by atoms with E-state index in [4.69, 9.17) is 15.3 Å². The van der Waals surface area contributed by atoms with Crippen LogP contribution < -0.4 is 0 Å². The molecule has 0 aliphatic rings. The summed E-state index contributed by atoms with van der Waals surface area (Å²) < 4.78 is 5.30. The maximum Gasteiger partial charge on any atom is 0.0731 e. The Morgan fingerprint density at radius 2 is 1.40 bits per heavy atom. The highest BCUT2D eigenvalue weighted by Crippen LogP contribution is 2.06. The summed E-state index contributed by atoms with van der Waals surface area (Å²) in [6, 6.07) is 4.25. The zero-order valence-corrected chi connectivity index (χ0v) is 8.85. The Morgan fingerprint density at radius 1 is 1.00 bits per heavy atom. The van der Waals surface area contributed by atoms with Gasteiger partial charge in [0.25, 0.3) is 0 Å². The van der Waals surface area contributed by atoms with Crippen LogP contribution in [-0.4, -0.2) is 13.2 Å². The van der Waals surface area contributed by atoms with Crippen molar-refractivity contribution in [3.8, 4) is 12.1 Å². The molecule has 0 aliphatic carbocycles. The zero-order chi connectivity index (χ0) is 11.5. The van der Waals surface area contributed by atoms with Crippen LogP contribution in [0.25, 0.3) is 0 Å². The summed E-state index contributed by atoms with van der Waals surface area (Å²) in [7, 11) is 0. The highest BCUT2D eigenvalue weighted by Gasteiger charge is 2.09. The molecule has 2 atom stereocenters. The first-order valence-electron chi connectivity index (χ1n) is 4.87. The van der Waals surface area contributed by atoms with E-state index in [2.05, 4.69) is 25.3 Å². The number of nitrogens with zero attached hydrogens (tertiary/aromatic N) is 2. The van der Waals surface area contributed by atoms with Gasteiger partial charge in [0.05, 0.1) is 37.2 Å². The fourth-order valence-corrected chi connectivity index (χ4v) is 1.07. The first-order chi connectivity index (χ1) is 7.28. The molecule has 0 spiro atoms. The molecular weight excluding hydrogens is 188 g/mol. The fraction of sp³-hybridized carbons (Fsp3) is 0.500. The van der Waals surface area contributed by atoms with Gasteiger partial charge in [-0.25, -0.2) is 0 Å². The molecule has 0 radical (unpaired) electrons. The minimum Gasteiger partial charge on any atom is -0.379 e. The van der Waals surface area contributed by atoms with Crippen LogP contribution >= 0.6 is 0 Å². The Morgan fingerprint density at radius 3 is 1.67 bits per heavy atom. The van der Waals surface area contributed by atoms with Crippen LogP contribution in [0.3, 0.4) is 0 Å². The molecule has 0 aliphatic heterocycles. The normalized spacial score (nSPS) is 13.2. The molecule has 0 amide bonds. The lowest BCUT2D eigenvalue weighted by Gasteiger charge is -2.10. The van der Waals surface area contributed by atoms with Gasteiger partial charge in [-0.05, 0) is 12.8 Å². The Balaban J connectivity index is 3.76. The van der Waals surface area contributed by atoms with E-state index in [9.17, 15) is 0 Å². The predicted molar refractivity (Wildman–Crippen MR) is 58.7 cm³/mol. The third-order valence-electron chi connectivity index (χ3n) is 1.91. The largest absolute Gasteiger partial charge is 0.379 e. The predicted octanol–water partition coefficient (Wildman–Crippen LogP) is 2.43. The average molecular weight is 204 g/mol. The Labute approximate surface area is 91.3 Å². The minimum atomic E-state index is -0.162. The van der Waals surface area contributed by atoms with Crippen molar-refractivity contribution in [2.45, 2.75) is 12.8 Å². The molecule has 0 N–H and O–H groups in total. The summed E-state index contributed by atoms with van der Waals surface area (Å²) in [5.41, 5.74) is 0. The van der Waals surface area contributed by atoms with E-state index >= 15 is 0 Å². The van der Waals surface area contributed by atoms with Gasteiger partial charge >= 0.3 is 0 Å². The third kappa shape index (κ3) is 6.49. The van der Waals surface area contributed by atoms with E-state index in [0.717, 1.165) is 0 Å². The van der Waals surface area contributed by atoms with Crippen LogP contribution in [0.2, 0.25) is 0 Å². The molecule has 0 bridgehead atoms. The Bertz CT molecular complexity index is 244. The van der Waals surface area contributed by atoms with Gasteiger partial charge in [-0.3, -0.25) is 0 Å². The first kappa shape index (κ1) is 13.4. The SMILES string of the molecule is C=CCC(C#N)COCC(C#N)CC=C. The Kier molecular flexibility index (Phi) is 8.05. The summed E-state index contributed by atoms with van der Waals surface area (Å²) in [5, 5.41) is 17.4. The average Bonchev–Trinajstić information content (AvgIpc) is 2.26. The van der Waals surface area contributed by atoms with Crippen molar-refractivity contribution in [1.82, 2.24) is 0 Å². The first-order valence-corrected chi connectivity index (χ1v) is 4.87. The summed E-state index contributed by atoms with van der Waals surface area (Å²) in [5.74, 6) is -0.323. The molecule has 0 saturated heterocycles. The maximum absolute atomic E-state index is 8.72. The minimum absolute atomic E-state index is 0.162. The lowest BCUT2D eigenvalue weighted by atomic mass is 10.1. The number of hydrogen-bond acceptors (Lipinski definition) is 3. The zero-order valence-electron chi connectivity index (χ0n) is 8.85. The smallest absolute Gasteiger partial charge is 0.0731 e. The van der Waals surface area contributed by atoms with Crippen LogP contribution in [0.1, 0.15) is 12.8 Å². The van der Waals surface area contributed by atoms with Gasteiger partial charge in [0.1, 0.15) is 0 Å². The molecule has 0 aromatic carbocycles. The van der Waals surface area contributed by atoms with Crippen molar-refractivity contribution in [1.29, 1.82) is 10.5 Å². The molecule has 0 heterocycles. The molecule has 0 aromatic heterocycles. The molecular formula is C12H16N2O. The van der Waals surface area contributed by atoms with E-state index in [1.54, 1.807) is 12.2 Å². The second-order valence-electron chi connectivity index (χ2n) is 3.24. The maximum atomic E-state index is 8.72. The van der Waals surface area contributed by atoms with Gasteiger partial charge in [0.15, 0.2) is 0 Å². The lowest BCUT2D eigenvalue weighted by Crippen LogP contribution is -2.12. The number of nitriles is 2. The van der Waals surface area contributed by atoms with E-state index in [-0.39, 0.29) is 11.8 Å². The number of ether oxygens (including phenoxy) is 1. The van der Waals surface area contributed by atoms with Gasteiger partial charge in [-0.2, -0.15) is 10.5 Å². The summed E-state index contributed by atoms with van der Waals surface area (Å²) in [6.07, 6.45) is 4.63. The molecule has 15 heavy (non-hydrogen) atoms. The molecule has 3 heteroatoms. The van der Waals surface area contributed by atoms with E-state index in [1.165, 1.54) is 0 Å². The van der Waals surface area contributed by atoms with Crippen LogP contribution in [0.5, 0.6) is 0 Å². The molecule has 0 fully saturated rings. The van der Waals surface area contributed by atoms with Gasteiger partial charge in [-0.15, -0.1) is 13.2 Å². The van der Waals surface area contributed by atoms with Crippen molar-refractivity contribution in [3.05, 3.63) is 25.3 Å².